The number of methoxy groups -OCH3 is 3. The first-order valence-corrected chi connectivity index (χ1v) is 10.4. The Balaban J connectivity index is 1.94. The van der Waals surface area contributed by atoms with E-state index in [4.69, 9.17) is 30.2 Å². The van der Waals surface area contributed by atoms with E-state index in [0.717, 1.165) is 11.3 Å². The van der Waals surface area contributed by atoms with Crippen LogP contribution in [0.15, 0.2) is 63.8 Å². The second-order valence-corrected chi connectivity index (χ2v) is 7.59. The molecule has 0 aliphatic carbocycles. The molecule has 3 aromatic carbocycles. The van der Waals surface area contributed by atoms with Crippen LogP contribution in [0.3, 0.4) is 0 Å². The van der Waals surface area contributed by atoms with Gasteiger partial charge in [-0.1, -0.05) is 35.9 Å². The van der Waals surface area contributed by atoms with Gasteiger partial charge in [0.1, 0.15) is 22.8 Å². The predicted octanol–water partition coefficient (Wildman–Crippen LogP) is 6.02. The van der Waals surface area contributed by atoms with Crippen molar-refractivity contribution in [3.8, 4) is 34.3 Å². The molecule has 0 atom stereocenters. The molecule has 0 aliphatic heterocycles. The Morgan fingerprint density at radius 2 is 1.61 bits per heavy atom. The summed E-state index contributed by atoms with van der Waals surface area (Å²) >= 11 is 6.01. The number of halogens is 1. The molecule has 0 amide bonds. The SMILES string of the molecule is COc1ccc(C=Cc2cc(OC)cc(OC)c2-c2oc3ccc(Cl)cc3c(=O)c2O)cc1. The fourth-order valence-electron chi connectivity index (χ4n) is 3.49. The van der Waals surface area contributed by atoms with E-state index in [0.29, 0.717) is 33.2 Å². The Bertz CT molecular complexity index is 1400. The zero-order chi connectivity index (χ0) is 23.5. The molecule has 7 heteroatoms. The van der Waals surface area contributed by atoms with Crippen molar-refractivity contribution in [3.63, 3.8) is 0 Å². The lowest BCUT2D eigenvalue weighted by Crippen LogP contribution is -2.04. The van der Waals surface area contributed by atoms with E-state index in [1.807, 2.05) is 36.4 Å². The number of aromatic hydroxyl groups is 1. The highest BCUT2D eigenvalue weighted by Gasteiger charge is 2.22. The monoisotopic (exact) mass is 464 g/mol. The van der Waals surface area contributed by atoms with Crippen LogP contribution in [0.5, 0.6) is 23.0 Å². The van der Waals surface area contributed by atoms with E-state index in [1.165, 1.54) is 13.2 Å². The molecule has 4 rings (SSSR count). The first-order chi connectivity index (χ1) is 15.9. The van der Waals surface area contributed by atoms with Gasteiger partial charge in [-0.05, 0) is 47.5 Å². The molecule has 1 heterocycles. The van der Waals surface area contributed by atoms with Crippen LogP contribution < -0.4 is 19.6 Å². The molecule has 0 saturated heterocycles. The van der Waals surface area contributed by atoms with Crippen molar-refractivity contribution in [1.82, 2.24) is 0 Å². The van der Waals surface area contributed by atoms with Gasteiger partial charge in [0.05, 0.1) is 32.3 Å². The van der Waals surface area contributed by atoms with Gasteiger partial charge in [0.2, 0.25) is 11.2 Å². The summed E-state index contributed by atoms with van der Waals surface area (Å²) in [6, 6.07) is 15.6. The van der Waals surface area contributed by atoms with Crippen molar-refractivity contribution >= 4 is 34.7 Å². The van der Waals surface area contributed by atoms with Gasteiger partial charge in [-0.2, -0.15) is 0 Å². The van der Waals surface area contributed by atoms with E-state index in [-0.39, 0.29) is 11.1 Å². The van der Waals surface area contributed by atoms with Gasteiger partial charge in [0, 0.05) is 11.1 Å². The summed E-state index contributed by atoms with van der Waals surface area (Å²) in [5.41, 5.74) is 1.66. The molecule has 33 heavy (non-hydrogen) atoms. The third-order valence-corrected chi connectivity index (χ3v) is 5.42. The second kappa shape index (κ2) is 9.30. The molecule has 0 radical (unpaired) electrons. The molecular formula is C26H21ClO6. The Hall–Kier alpha value is -3.90. The van der Waals surface area contributed by atoms with E-state index in [2.05, 4.69) is 0 Å². The number of benzene rings is 3. The van der Waals surface area contributed by atoms with Crippen LogP contribution >= 0.6 is 11.6 Å². The largest absolute Gasteiger partial charge is 0.502 e. The van der Waals surface area contributed by atoms with Crippen LogP contribution in [0.25, 0.3) is 34.4 Å². The quantitative estimate of drug-likeness (QED) is 0.352. The molecule has 1 N–H and O–H groups in total. The van der Waals surface area contributed by atoms with Gasteiger partial charge in [-0.15, -0.1) is 0 Å². The summed E-state index contributed by atoms with van der Waals surface area (Å²) in [6.07, 6.45) is 3.71. The lowest BCUT2D eigenvalue weighted by molar-refractivity contribution is 0.393. The number of ether oxygens (including phenoxy) is 3. The molecule has 0 bridgehead atoms. The zero-order valence-corrected chi connectivity index (χ0v) is 19.0. The fraction of sp³-hybridized carbons (Fsp3) is 0.115. The number of rotatable bonds is 6. The van der Waals surface area contributed by atoms with Gasteiger partial charge in [-0.25, -0.2) is 0 Å². The van der Waals surface area contributed by atoms with Crippen LogP contribution in [-0.2, 0) is 0 Å². The van der Waals surface area contributed by atoms with Crippen molar-refractivity contribution in [2.45, 2.75) is 0 Å². The molecule has 0 saturated carbocycles. The van der Waals surface area contributed by atoms with Crippen molar-refractivity contribution in [1.29, 1.82) is 0 Å². The smallest absolute Gasteiger partial charge is 0.235 e. The number of hydrogen-bond donors (Lipinski definition) is 1. The molecule has 0 unspecified atom stereocenters. The average Bonchev–Trinajstić information content (AvgIpc) is 2.85. The van der Waals surface area contributed by atoms with E-state index in [1.54, 1.807) is 38.5 Å². The van der Waals surface area contributed by atoms with Gasteiger partial charge < -0.3 is 23.7 Å². The summed E-state index contributed by atoms with van der Waals surface area (Å²) in [5.74, 6) is 1.12. The molecule has 6 nitrogen and oxygen atoms in total. The molecule has 0 aliphatic rings. The van der Waals surface area contributed by atoms with Crippen molar-refractivity contribution in [3.05, 3.63) is 81.0 Å². The van der Waals surface area contributed by atoms with Gasteiger partial charge in [0.15, 0.2) is 5.76 Å². The second-order valence-electron chi connectivity index (χ2n) is 7.15. The normalized spacial score (nSPS) is 11.2. The Morgan fingerprint density at radius 3 is 2.27 bits per heavy atom. The average molecular weight is 465 g/mol. The molecular weight excluding hydrogens is 444 g/mol. The summed E-state index contributed by atoms with van der Waals surface area (Å²) in [5, 5.41) is 11.3. The van der Waals surface area contributed by atoms with E-state index in [9.17, 15) is 9.90 Å². The highest BCUT2D eigenvalue weighted by Crippen LogP contribution is 2.42. The maximum absolute atomic E-state index is 12.9. The van der Waals surface area contributed by atoms with Crippen LogP contribution in [-0.4, -0.2) is 26.4 Å². The lowest BCUT2D eigenvalue weighted by Gasteiger charge is -2.15. The molecule has 4 aromatic rings. The standard InChI is InChI=1S/C26H21ClO6/c1-30-18-9-5-15(6-10-18)4-7-16-12-19(31-2)14-22(32-3)23(16)26-25(29)24(28)20-13-17(27)8-11-21(20)33-26/h4-14,29H,1-3H3. The minimum Gasteiger partial charge on any atom is -0.502 e. The maximum Gasteiger partial charge on any atom is 0.235 e. The van der Waals surface area contributed by atoms with Crippen LogP contribution in [0.2, 0.25) is 5.02 Å². The third kappa shape index (κ3) is 4.38. The Morgan fingerprint density at radius 1 is 0.879 bits per heavy atom. The van der Waals surface area contributed by atoms with Gasteiger partial charge in [0.25, 0.3) is 0 Å². The predicted molar refractivity (Wildman–Crippen MR) is 130 cm³/mol. The molecule has 0 spiro atoms. The lowest BCUT2D eigenvalue weighted by atomic mass is 10.00. The molecule has 168 valence electrons. The first-order valence-electron chi connectivity index (χ1n) is 9.99. The minimum atomic E-state index is -0.586. The maximum atomic E-state index is 12.9. The fourth-order valence-corrected chi connectivity index (χ4v) is 3.66. The van der Waals surface area contributed by atoms with Crippen molar-refractivity contribution in [2.24, 2.45) is 0 Å². The summed E-state index contributed by atoms with van der Waals surface area (Å²) in [4.78, 5) is 12.9. The van der Waals surface area contributed by atoms with Crippen molar-refractivity contribution < 1.29 is 23.7 Å². The molecule has 1 aromatic heterocycles. The van der Waals surface area contributed by atoms with Crippen LogP contribution in [0.1, 0.15) is 11.1 Å². The third-order valence-electron chi connectivity index (χ3n) is 5.19. The zero-order valence-electron chi connectivity index (χ0n) is 18.2. The summed E-state index contributed by atoms with van der Waals surface area (Å²) in [6.45, 7) is 0. The van der Waals surface area contributed by atoms with E-state index < -0.39 is 11.2 Å². The Kier molecular flexibility index (Phi) is 6.29. The number of fused-ring (bicyclic) bond motifs is 1. The van der Waals surface area contributed by atoms with Crippen LogP contribution in [0.4, 0.5) is 0 Å². The highest BCUT2D eigenvalue weighted by atomic mass is 35.5. The molecule has 0 fully saturated rings. The van der Waals surface area contributed by atoms with Gasteiger partial charge >= 0.3 is 0 Å². The summed E-state index contributed by atoms with van der Waals surface area (Å²) < 4.78 is 22.1. The van der Waals surface area contributed by atoms with Crippen LogP contribution in [0, 0.1) is 0 Å². The summed E-state index contributed by atoms with van der Waals surface area (Å²) in [7, 11) is 4.64. The number of hydrogen-bond acceptors (Lipinski definition) is 6. The van der Waals surface area contributed by atoms with E-state index >= 15 is 0 Å². The highest BCUT2D eigenvalue weighted by molar-refractivity contribution is 6.31. The minimum absolute atomic E-state index is 0.0105. The Labute approximate surface area is 195 Å². The van der Waals surface area contributed by atoms with Gasteiger partial charge in [-0.3, -0.25) is 4.79 Å². The topological polar surface area (TPSA) is 78.1 Å². The van der Waals surface area contributed by atoms with Crippen molar-refractivity contribution in [2.75, 3.05) is 21.3 Å². The first kappa shape index (κ1) is 22.3.